The molecule has 0 spiro atoms. The highest BCUT2D eigenvalue weighted by Gasteiger charge is 2.22. The summed E-state index contributed by atoms with van der Waals surface area (Å²) in [5, 5.41) is 3.86. The van der Waals surface area contributed by atoms with Gasteiger partial charge in [0.25, 0.3) is 5.56 Å². The molecule has 1 aliphatic heterocycles. The standard InChI is InChI=1S/C17H25N5O2/c1-17(2,3)14-8-16(23)22(11-18-14)9-13-4-6-21(7-5-13)10-15-19-12-24-20-15/h8,11-13H,4-7,9-10H2,1-3H3. The number of hydrogen-bond acceptors (Lipinski definition) is 6. The van der Waals surface area contributed by atoms with Crippen LogP contribution in [0.4, 0.5) is 0 Å². The fraction of sp³-hybridized carbons (Fsp3) is 0.647. The molecule has 0 atom stereocenters. The number of piperidine rings is 1. The molecule has 3 heterocycles. The highest BCUT2D eigenvalue weighted by molar-refractivity contribution is 5.10. The van der Waals surface area contributed by atoms with Gasteiger partial charge < -0.3 is 4.52 Å². The average Bonchev–Trinajstić information content (AvgIpc) is 3.03. The Morgan fingerprint density at radius 1 is 1.25 bits per heavy atom. The smallest absolute Gasteiger partial charge is 0.253 e. The Balaban J connectivity index is 1.55. The van der Waals surface area contributed by atoms with Crippen LogP contribution >= 0.6 is 0 Å². The Morgan fingerprint density at radius 3 is 2.58 bits per heavy atom. The summed E-state index contributed by atoms with van der Waals surface area (Å²) in [4.78, 5) is 23.2. The summed E-state index contributed by atoms with van der Waals surface area (Å²) in [7, 11) is 0. The van der Waals surface area contributed by atoms with Crippen LogP contribution in [0.25, 0.3) is 0 Å². The normalized spacial score (nSPS) is 17.3. The summed E-state index contributed by atoms with van der Waals surface area (Å²) in [6, 6.07) is 1.67. The molecule has 1 aliphatic rings. The second-order valence-electron chi connectivity index (χ2n) is 7.58. The number of rotatable bonds is 4. The molecule has 2 aromatic heterocycles. The Morgan fingerprint density at radius 2 is 2.00 bits per heavy atom. The molecule has 0 aliphatic carbocycles. The monoisotopic (exact) mass is 331 g/mol. The van der Waals surface area contributed by atoms with Crippen molar-refractivity contribution in [3.8, 4) is 0 Å². The van der Waals surface area contributed by atoms with Crippen LogP contribution in [-0.4, -0.2) is 37.7 Å². The van der Waals surface area contributed by atoms with E-state index < -0.39 is 0 Å². The zero-order chi connectivity index (χ0) is 17.2. The van der Waals surface area contributed by atoms with Gasteiger partial charge in [0.05, 0.1) is 18.6 Å². The molecule has 24 heavy (non-hydrogen) atoms. The largest absolute Gasteiger partial charge is 0.343 e. The summed E-state index contributed by atoms with van der Waals surface area (Å²) < 4.78 is 6.51. The van der Waals surface area contributed by atoms with Gasteiger partial charge in [-0.1, -0.05) is 25.9 Å². The molecular formula is C17H25N5O2. The molecule has 7 nitrogen and oxygen atoms in total. The van der Waals surface area contributed by atoms with E-state index in [-0.39, 0.29) is 11.0 Å². The summed E-state index contributed by atoms with van der Waals surface area (Å²) in [6.07, 6.45) is 5.19. The van der Waals surface area contributed by atoms with Crippen molar-refractivity contribution in [1.82, 2.24) is 24.6 Å². The van der Waals surface area contributed by atoms with E-state index in [4.69, 9.17) is 4.52 Å². The lowest BCUT2D eigenvalue weighted by Crippen LogP contribution is -2.36. The van der Waals surface area contributed by atoms with Crippen LogP contribution in [0.15, 0.2) is 28.1 Å². The molecule has 0 radical (unpaired) electrons. The van der Waals surface area contributed by atoms with Gasteiger partial charge in [0.1, 0.15) is 0 Å². The number of hydrogen-bond donors (Lipinski definition) is 0. The fourth-order valence-corrected chi connectivity index (χ4v) is 3.04. The first-order valence-corrected chi connectivity index (χ1v) is 8.46. The van der Waals surface area contributed by atoms with Crippen molar-refractivity contribution < 1.29 is 4.52 Å². The maximum Gasteiger partial charge on any atom is 0.253 e. The number of likely N-dealkylation sites (tertiary alicyclic amines) is 1. The zero-order valence-corrected chi connectivity index (χ0v) is 14.6. The molecule has 2 aromatic rings. The average molecular weight is 331 g/mol. The molecule has 1 saturated heterocycles. The van der Waals surface area contributed by atoms with Crippen molar-refractivity contribution in [2.45, 2.75) is 52.1 Å². The van der Waals surface area contributed by atoms with Gasteiger partial charge in [-0.3, -0.25) is 14.3 Å². The van der Waals surface area contributed by atoms with E-state index in [9.17, 15) is 4.79 Å². The van der Waals surface area contributed by atoms with E-state index in [1.807, 2.05) is 0 Å². The first-order valence-electron chi connectivity index (χ1n) is 8.46. The summed E-state index contributed by atoms with van der Waals surface area (Å²) >= 11 is 0. The Bertz CT molecular complexity index is 709. The van der Waals surface area contributed by atoms with Crippen molar-refractivity contribution >= 4 is 0 Å². The van der Waals surface area contributed by atoms with E-state index in [1.165, 1.54) is 6.39 Å². The first-order chi connectivity index (χ1) is 11.4. The quantitative estimate of drug-likeness (QED) is 0.851. The third kappa shape index (κ3) is 4.08. The second kappa shape index (κ2) is 6.84. The molecule has 0 N–H and O–H groups in total. The van der Waals surface area contributed by atoms with E-state index in [2.05, 4.69) is 40.8 Å². The minimum Gasteiger partial charge on any atom is -0.343 e. The molecule has 1 fully saturated rings. The summed E-state index contributed by atoms with van der Waals surface area (Å²) in [5.74, 6) is 1.23. The minimum absolute atomic E-state index is 0.0455. The maximum absolute atomic E-state index is 12.3. The van der Waals surface area contributed by atoms with Crippen LogP contribution in [0.2, 0.25) is 0 Å². The molecule has 0 bridgehead atoms. The SMILES string of the molecule is CC(C)(C)c1cc(=O)n(CC2CCN(Cc3ncon3)CC2)cn1. The molecule has 0 saturated carbocycles. The molecule has 3 rings (SSSR count). The van der Waals surface area contributed by atoms with Gasteiger partial charge in [0, 0.05) is 18.0 Å². The number of aromatic nitrogens is 4. The van der Waals surface area contributed by atoms with Crippen LogP contribution < -0.4 is 5.56 Å². The van der Waals surface area contributed by atoms with Gasteiger partial charge in [0.2, 0.25) is 6.39 Å². The van der Waals surface area contributed by atoms with Crippen LogP contribution in [0.5, 0.6) is 0 Å². The molecule has 0 aromatic carbocycles. The fourth-order valence-electron chi connectivity index (χ4n) is 3.04. The van der Waals surface area contributed by atoms with Gasteiger partial charge in [-0.05, 0) is 31.8 Å². The van der Waals surface area contributed by atoms with Crippen molar-refractivity contribution in [3.05, 3.63) is 40.7 Å². The Hall–Kier alpha value is -2.02. The van der Waals surface area contributed by atoms with E-state index in [0.717, 1.165) is 50.5 Å². The second-order valence-corrected chi connectivity index (χ2v) is 7.58. The lowest BCUT2D eigenvalue weighted by atomic mass is 9.92. The highest BCUT2D eigenvalue weighted by Crippen LogP contribution is 2.20. The van der Waals surface area contributed by atoms with Gasteiger partial charge >= 0.3 is 0 Å². The van der Waals surface area contributed by atoms with Crippen molar-refractivity contribution in [3.63, 3.8) is 0 Å². The van der Waals surface area contributed by atoms with E-state index >= 15 is 0 Å². The predicted molar refractivity (Wildman–Crippen MR) is 89.5 cm³/mol. The summed E-state index contributed by atoms with van der Waals surface area (Å²) in [5.41, 5.74) is 0.793. The van der Waals surface area contributed by atoms with Gasteiger partial charge in [0.15, 0.2) is 5.82 Å². The van der Waals surface area contributed by atoms with Gasteiger partial charge in [-0.15, -0.1) is 0 Å². The van der Waals surface area contributed by atoms with Gasteiger partial charge in [-0.25, -0.2) is 4.98 Å². The van der Waals surface area contributed by atoms with Gasteiger partial charge in [-0.2, -0.15) is 4.98 Å². The molecule has 0 unspecified atom stereocenters. The maximum atomic E-state index is 12.3. The van der Waals surface area contributed by atoms with Crippen LogP contribution in [0.1, 0.15) is 45.1 Å². The van der Waals surface area contributed by atoms with Crippen molar-refractivity contribution in [1.29, 1.82) is 0 Å². The van der Waals surface area contributed by atoms with Crippen LogP contribution in [0, 0.1) is 5.92 Å². The predicted octanol–water partition coefficient (Wildman–Crippen LogP) is 1.84. The molecule has 130 valence electrons. The van der Waals surface area contributed by atoms with E-state index in [1.54, 1.807) is 17.0 Å². The molecule has 0 amide bonds. The Labute approximate surface area is 141 Å². The Kier molecular flexibility index (Phi) is 4.80. The topological polar surface area (TPSA) is 77.0 Å². The van der Waals surface area contributed by atoms with E-state index in [0.29, 0.717) is 5.92 Å². The lowest BCUT2D eigenvalue weighted by molar-refractivity contribution is 0.161. The third-order valence-electron chi connectivity index (χ3n) is 4.58. The van der Waals surface area contributed by atoms with Crippen LogP contribution in [0.3, 0.4) is 0 Å². The lowest BCUT2D eigenvalue weighted by Gasteiger charge is -2.31. The zero-order valence-electron chi connectivity index (χ0n) is 14.6. The first kappa shape index (κ1) is 16.8. The molecule has 7 heteroatoms. The van der Waals surface area contributed by atoms with Crippen LogP contribution in [-0.2, 0) is 18.5 Å². The van der Waals surface area contributed by atoms with Crippen molar-refractivity contribution in [2.75, 3.05) is 13.1 Å². The third-order valence-corrected chi connectivity index (χ3v) is 4.58. The number of nitrogens with zero attached hydrogens (tertiary/aromatic N) is 5. The molecular weight excluding hydrogens is 306 g/mol. The highest BCUT2D eigenvalue weighted by atomic mass is 16.5. The minimum atomic E-state index is -0.0985. The summed E-state index contributed by atoms with van der Waals surface area (Å²) in [6.45, 7) is 9.65. The van der Waals surface area contributed by atoms with Crippen molar-refractivity contribution in [2.24, 2.45) is 5.92 Å².